The maximum Gasteiger partial charge on any atom is 0.119 e. The van der Waals surface area contributed by atoms with Crippen molar-refractivity contribution in [1.82, 2.24) is 0 Å². The minimum atomic E-state index is 0.178. The number of rotatable bonds is 23. The number of phenolic OH excluding ortho intramolecular Hbond substituents is 2. The highest BCUT2D eigenvalue weighted by Gasteiger charge is 2.17. The van der Waals surface area contributed by atoms with Gasteiger partial charge in [-0.1, -0.05) is 166 Å². The van der Waals surface area contributed by atoms with Crippen LogP contribution in [0, 0.1) is 0 Å². The lowest BCUT2D eigenvalue weighted by Crippen LogP contribution is -2.02. The summed E-state index contributed by atoms with van der Waals surface area (Å²) < 4.78 is 0. The van der Waals surface area contributed by atoms with Crippen LogP contribution in [0.4, 0.5) is 0 Å². The van der Waals surface area contributed by atoms with Crippen molar-refractivity contribution in [3.8, 4) is 11.5 Å². The molecule has 2 rings (SSSR count). The molecule has 2 heteroatoms. The van der Waals surface area contributed by atoms with Gasteiger partial charge in [-0.3, -0.25) is 0 Å². The maximum atomic E-state index is 10.4. The van der Waals surface area contributed by atoms with Crippen molar-refractivity contribution in [3.63, 3.8) is 0 Å². The van der Waals surface area contributed by atoms with Gasteiger partial charge in [0.05, 0.1) is 0 Å². The summed E-state index contributed by atoms with van der Waals surface area (Å²) in [5.74, 6) is 0.838. The number of hydrogen-bond donors (Lipinski definition) is 2. The minimum absolute atomic E-state index is 0.178. The van der Waals surface area contributed by atoms with Crippen LogP contribution in [0.2, 0.25) is 0 Å². The van der Waals surface area contributed by atoms with E-state index in [-0.39, 0.29) is 5.92 Å². The second kappa shape index (κ2) is 21.0. The Kier molecular flexibility index (Phi) is 17.8. The third-order valence-electron chi connectivity index (χ3n) is 7.95. The van der Waals surface area contributed by atoms with Gasteiger partial charge in [-0.05, 0) is 30.2 Å². The van der Waals surface area contributed by atoms with E-state index in [1.54, 1.807) is 18.2 Å². The Labute approximate surface area is 228 Å². The summed E-state index contributed by atoms with van der Waals surface area (Å²) in [6.07, 6.45) is 29.0. The summed E-state index contributed by atoms with van der Waals surface area (Å²) in [7, 11) is 0. The first-order valence-corrected chi connectivity index (χ1v) is 15.8. The van der Waals surface area contributed by atoms with E-state index in [1.165, 1.54) is 128 Å². The number of unbranched alkanes of at least 4 members (excludes halogenated alkanes) is 19. The lowest BCUT2D eigenvalue weighted by molar-refractivity contribution is 0.459. The molecular weight excluding hydrogens is 452 g/mol. The predicted molar refractivity (Wildman–Crippen MR) is 161 cm³/mol. The number of phenols is 2. The fraction of sp³-hybridized carbons (Fsp3) is 0.657. The van der Waals surface area contributed by atoms with Crippen molar-refractivity contribution in [2.45, 2.75) is 148 Å². The Balaban J connectivity index is 1.44. The molecule has 2 aromatic carbocycles. The second-order valence-corrected chi connectivity index (χ2v) is 11.2. The minimum Gasteiger partial charge on any atom is -0.508 e. The molecule has 0 spiro atoms. The van der Waals surface area contributed by atoms with Crippen LogP contribution in [0.15, 0.2) is 48.5 Å². The molecule has 0 aliphatic carbocycles. The van der Waals surface area contributed by atoms with Gasteiger partial charge in [-0.25, -0.2) is 0 Å². The average molecular weight is 509 g/mol. The van der Waals surface area contributed by atoms with Crippen molar-refractivity contribution in [1.29, 1.82) is 0 Å². The number of para-hydroxylation sites is 1. The first kappa shape index (κ1) is 31.3. The first-order valence-electron chi connectivity index (χ1n) is 15.8. The van der Waals surface area contributed by atoms with Crippen molar-refractivity contribution < 1.29 is 10.2 Å². The molecule has 0 amide bonds. The molecule has 0 saturated carbocycles. The summed E-state index contributed by atoms with van der Waals surface area (Å²) in [6, 6.07) is 15.2. The highest BCUT2D eigenvalue weighted by molar-refractivity contribution is 5.42. The fourth-order valence-corrected chi connectivity index (χ4v) is 5.59. The summed E-state index contributed by atoms with van der Waals surface area (Å²) in [6.45, 7) is 2.29. The summed E-state index contributed by atoms with van der Waals surface area (Å²) in [4.78, 5) is 0. The standard InChI is InChI=1S/C35H56O2/c1-2-3-4-5-6-7-8-9-10-11-12-13-14-15-16-17-18-19-20-21-24-33(31-27-29-32(36)30-28-31)34-25-22-23-26-35(34)37/h22-23,25-30,33,36-37H,2-21,24H2,1H3. The third-order valence-corrected chi connectivity index (χ3v) is 7.95. The van der Waals surface area contributed by atoms with E-state index in [0.717, 1.165) is 17.5 Å². The van der Waals surface area contributed by atoms with Gasteiger partial charge in [0.2, 0.25) is 0 Å². The molecule has 1 atom stereocenters. The van der Waals surface area contributed by atoms with Crippen LogP contribution < -0.4 is 0 Å². The van der Waals surface area contributed by atoms with Crippen LogP contribution in [0.3, 0.4) is 0 Å². The van der Waals surface area contributed by atoms with Gasteiger partial charge in [0.25, 0.3) is 0 Å². The highest BCUT2D eigenvalue weighted by atomic mass is 16.3. The Morgan fingerprint density at radius 1 is 0.486 bits per heavy atom. The third kappa shape index (κ3) is 14.5. The molecule has 0 bridgehead atoms. The molecule has 37 heavy (non-hydrogen) atoms. The Hall–Kier alpha value is -1.96. The molecule has 0 saturated heterocycles. The van der Waals surface area contributed by atoms with Crippen LogP contribution in [-0.2, 0) is 0 Å². The summed E-state index contributed by atoms with van der Waals surface area (Å²) in [5, 5.41) is 20.1. The Bertz CT molecular complexity index is 782. The van der Waals surface area contributed by atoms with E-state index in [9.17, 15) is 10.2 Å². The maximum absolute atomic E-state index is 10.4. The van der Waals surface area contributed by atoms with E-state index >= 15 is 0 Å². The van der Waals surface area contributed by atoms with E-state index < -0.39 is 0 Å². The lowest BCUT2D eigenvalue weighted by Gasteiger charge is -2.19. The molecule has 208 valence electrons. The quantitative estimate of drug-likeness (QED) is 0.146. The van der Waals surface area contributed by atoms with E-state index in [0.29, 0.717) is 11.5 Å². The topological polar surface area (TPSA) is 40.5 Å². The lowest BCUT2D eigenvalue weighted by atomic mass is 9.86. The molecular formula is C35H56O2. The largest absolute Gasteiger partial charge is 0.508 e. The van der Waals surface area contributed by atoms with E-state index in [4.69, 9.17) is 0 Å². The Morgan fingerprint density at radius 3 is 1.32 bits per heavy atom. The van der Waals surface area contributed by atoms with Gasteiger partial charge in [-0.15, -0.1) is 0 Å². The van der Waals surface area contributed by atoms with Crippen LogP contribution >= 0.6 is 0 Å². The predicted octanol–water partition coefficient (Wildman–Crippen LogP) is 11.4. The van der Waals surface area contributed by atoms with Crippen molar-refractivity contribution in [2.75, 3.05) is 0 Å². The molecule has 2 N–H and O–H groups in total. The van der Waals surface area contributed by atoms with Crippen LogP contribution in [0.25, 0.3) is 0 Å². The Morgan fingerprint density at radius 2 is 0.892 bits per heavy atom. The highest BCUT2D eigenvalue weighted by Crippen LogP contribution is 2.35. The second-order valence-electron chi connectivity index (χ2n) is 11.2. The summed E-state index contributed by atoms with van der Waals surface area (Å²) in [5.41, 5.74) is 2.16. The number of aromatic hydroxyl groups is 2. The zero-order chi connectivity index (χ0) is 26.4. The number of benzene rings is 2. The van der Waals surface area contributed by atoms with Crippen molar-refractivity contribution >= 4 is 0 Å². The first-order chi connectivity index (χ1) is 18.2. The molecule has 0 aliphatic heterocycles. The van der Waals surface area contributed by atoms with Gasteiger partial charge >= 0.3 is 0 Å². The fourth-order valence-electron chi connectivity index (χ4n) is 5.59. The van der Waals surface area contributed by atoms with Crippen LogP contribution in [0.1, 0.15) is 159 Å². The SMILES string of the molecule is CCCCCCCCCCCCCCCCCCCCCCC(c1ccc(O)cc1)c1ccccc1O. The molecule has 0 radical (unpaired) electrons. The molecule has 1 unspecified atom stereocenters. The van der Waals surface area contributed by atoms with Crippen LogP contribution in [0.5, 0.6) is 11.5 Å². The van der Waals surface area contributed by atoms with Crippen molar-refractivity contribution in [3.05, 3.63) is 59.7 Å². The molecule has 0 aliphatic rings. The molecule has 0 fully saturated rings. The zero-order valence-corrected chi connectivity index (χ0v) is 23.9. The zero-order valence-electron chi connectivity index (χ0n) is 23.9. The molecule has 0 aromatic heterocycles. The monoisotopic (exact) mass is 508 g/mol. The average Bonchev–Trinajstić information content (AvgIpc) is 2.91. The van der Waals surface area contributed by atoms with E-state index in [2.05, 4.69) is 6.92 Å². The van der Waals surface area contributed by atoms with Crippen molar-refractivity contribution in [2.24, 2.45) is 0 Å². The van der Waals surface area contributed by atoms with Gasteiger partial charge in [0, 0.05) is 11.5 Å². The smallest absolute Gasteiger partial charge is 0.119 e. The summed E-state index contributed by atoms with van der Waals surface area (Å²) >= 11 is 0. The van der Waals surface area contributed by atoms with Gasteiger partial charge < -0.3 is 10.2 Å². The molecule has 2 aromatic rings. The molecule has 0 heterocycles. The van der Waals surface area contributed by atoms with Crippen LogP contribution in [-0.4, -0.2) is 10.2 Å². The van der Waals surface area contributed by atoms with Gasteiger partial charge in [0.15, 0.2) is 0 Å². The number of hydrogen-bond acceptors (Lipinski definition) is 2. The van der Waals surface area contributed by atoms with Gasteiger partial charge in [0.1, 0.15) is 11.5 Å². The molecule has 2 nitrogen and oxygen atoms in total. The normalized spacial score (nSPS) is 12.1. The van der Waals surface area contributed by atoms with E-state index in [1.807, 2.05) is 30.3 Å². The van der Waals surface area contributed by atoms with Gasteiger partial charge in [-0.2, -0.15) is 0 Å².